The lowest BCUT2D eigenvalue weighted by Crippen LogP contribution is -1.95. The van der Waals surface area contributed by atoms with E-state index in [1.54, 1.807) is 5.41 Å². The Balaban J connectivity index is 2.34. The third-order valence-corrected chi connectivity index (χ3v) is 2.63. The van der Waals surface area contributed by atoms with Gasteiger partial charge < -0.3 is 0 Å². The molecule has 0 aliphatic heterocycles. The van der Waals surface area contributed by atoms with Crippen molar-refractivity contribution in [3.8, 4) is 0 Å². The summed E-state index contributed by atoms with van der Waals surface area (Å²) in [7, 11) is 0. The number of unbranched alkanes of at least 4 members (excludes halogenated alkanes) is 1. The van der Waals surface area contributed by atoms with Gasteiger partial charge in [0, 0.05) is 5.41 Å². The minimum Gasteiger partial charge on any atom is -0.287 e. The molecule has 0 N–H and O–H groups in total. The minimum atomic E-state index is -1.30. The Morgan fingerprint density at radius 1 is 1.33 bits per heavy atom. The molecule has 15 heavy (non-hydrogen) atoms. The van der Waals surface area contributed by atoms with Crippen molar-refractivity contribution in [2.45, 2.75) is 19.8 Å². The average Bonchev–Trinajstić information content (AvgIpc) is 2.28. The summed E-state index contributed by atoms with van der Waals surface area (Å²) in [5.41, 5.74) is 1.03. The van der Waals surface area contributed by atoms with Gasteiger partial charge in [0.1, 0.15) is 0 Å². The maximum absolute atomic E-state index is 11.3. The Kier molecular flexibility index (Phi) is 5.97. The van der Waals surface area contributed by atoms with Gasteiger partial charge in [0.15, 0.2) is 11.1 Å². The second kappa shape index (κ2) is 7.37. The minimum absolute atomic E-state index is 0.558. The van der Waals surface area contributed by atoms with Crippen LogP contribution in [0.2, 0.25) is 0 Å². The fourth-order valence-corrected chi connectivity index (χ4v) is 1.65. The van der Waals surface area contributed by atoms with Crippen LogP contribution < -0.4 is 0 Å². The normalized spacial score (nSPS) is 13.1. The molecular weight excluding hydrogens is 208 g/mol. The molecule has 1 aromatic carbocycles. The van der Waals surface area contributed by atoms with Gasteiger partial charge >= 0.3 is 0 Å². The summed E-state index contributed by atoms with van der Waals surface area (Å²) >= 11 is -1.30. The van der Waals surface area contributed by atoms with E-state index in [1.165, 1.54) is 0 Å². The maximum Gasteiger partial charge on any atom is 0.181 e. The monoisotopic (exact) mass is 224 g/mol. The Morgan fingerprint density at radius 3 is 2.73 bits per heavy atom. The molecule has 0 saturated carbocycles. The van der Waals surface area contributed by atoms with E-state index in [9.17, 15) is 4.21 Å². The second-order valence-corrected chi connectivity index (χ2v) is 4.18. The highest BCUT2D eigenvalue weighted by Gasteiger charge is 1.93. The molecule has 1 unspecified atom stereocenters. The zero-order chi connectivity index (χ0) is 10.9. The molecule has 0 heterocycles. The quantitative estimate of drug-likeness (QED) is 0.694. The van der Waals surface area contributed by atoms with Crippen LogP contribution in [0.15, 0.2) is 35.7 Å². The average molecular weight is 224 g/mol. The van der Waals surface area contributed by atoms with E-state index in [0.717, 1.165) is 18.4 Å². The number of hydrogen-bond donors (Lipinski definition) is 0. The van der Waals surface area contributed by atoms with Crippen molar-refractivity contribution >= 4 is 17.2 Å². The van der Waals surface area contributed by atoms with Gasteiger partial charge in [-0.15, -0.1) is 0 Å². The molecule has 82 valence electrons. The summed E-state index contributed by atoms with van der Waals surface area (Å²) in [5, 5.41) is 1.57. The first-order chi connectivity index (χ1) is 7.33. The van der Waals surface area contributed by atoms with Crippen molar-refractivity contribution in [3.63, 3.8) is 0 Å². The van der Waals surface area contributed by atoms with Crippen LogP contribution in [0.25, 0.3) is 6.08 Å². The zero-order valence-corrected chi connectivity index (χ0v) is 9.70. The molecule has 0 aliphatic rings. The molecule has 0 aromatic heterocycles. The van der Waals surface area contributed by atoms with Gasteiger partial charge in [-0.3, -0.25) is 4.18 Å². The SMILES string of the molecule is CCCCOS(=O)C=Cc1ccccc1. The predicted octanol–water partition coefficient (Wildman–Crippen LogP) is 3.14. The van der Waals surface area contributed by atoms with E-state index >= 15 is 0 Å². The van der Waals surface area contributed by atoms with Gasteiger partial charge in [0.2, 0.25) is 0 Å². The van der Waals surface area contributed by atoms with E-state index in [2.05, 4.69) is 6.92 Å². The third-order valence-electron chi connectivity index (χ3n) is 1.87. The first-order valence-electron chi connectivity index (χ1n) is 5.10. The van der Waals surface area contributed by atoms with Crippen molar-refractivity contribution in [1.82, 2.24) is 0 Å². The summed E-state index contributed by atoms with van der Waals surface area (Å²) < 4.78 is 16.4. The standard InChI is InChI=1S/C12H16O2S/c1-2-3-10-14-15(13)11-9-12-7-5-4-6-8-12/h4-9,11H,2-3,10H2,1H3. The summed E-state index contributed by atoms with van der Waals surface area (Å²) in [6, 6.07) is 9.76. The van der Waals surface area contributed by atoms with Crippen molar-refractivity contribution in [1.29, 1.82) is 0 Å². The summed E-state index contributed by atoms with van der Waals surface area (Å²) in [5.74, 6) is 0. The van der Waals surface area contributed by atoms with Crippen LogP contribution in [0.1, 0.15) is 25.3 Å². The second-order valence-electron chi connectivity index (χ2n) is 3.15. The van der Waals surface area contributed by atoms with Crippen molar-refractivity contribution < 1.29 is 8.39 Å². The molecule has 1 rings (SSSR count). The van der Waals surface area contributed by atoms with Crippen LogP contribution in [-0.2, 0) is 15.3 Å². The lowest BCUT2D eigenvalue weighted by molar-refractivity contribution is 0.342. The van der Waals surface area contributed by atoms with E-state index in [4.69, 9.17) is 4.18 Å². The molecule has 2 nitrogen and oxygen atoms in total. The number of hydrogen-bond acceptors (Lipinski definition) is 2. The lowest BCUT2D eigenvalue weighted by Gasteiger charge is -1.97. The molecule has 0 bridgehead atoms. The highest BCUT2D eigenvalue weighted by atomic mass is 32.2. The van der Waals surface area contributed by atoms with Gasteiger partial charge in [-0.2, -0.15) is 0 Å². The van der Waals surface area contributed by atoms with Crippen LogP contribution >= 0.6 is 0 Å². The lowest BCUT2D eigenvalue weighted by atomic mass is 10.2. The summed E-state index contributed by atoms with van der Waals surface area (Å²) in [4.78, 5) is 0. The summed E-state index contributed by atoms with van der Waals surface area (Å²) in [6.45, 7) is 2.63. The van der Waals surface area contributed by atoms with E-state index < -0.39 is 11.1 Å². The van der Waals surface area contributed by atoms with E-state index in [-0.39, 0.29) is 0 Å². The molecular formula is C12H16O2S. The van der Waals surface area contributed by atoms with Crippen LogP contribution in [-0.4, -0.2) is 10.8 Å². The molecule has 3 heteroatoms. The van der Waals surface area contributed by atoms with Crippen LogP contribution in [0, 0.1) is 0 Å². The molecule has 1 aromatic rings. The maximum atomic E-state index is 11.3. The fourth-order valence-electron chi connectivity index (χ4n) is 1.02. The van der Waals surface area contributed by atoms with E-state index in [0.29, 0.717) is 6.61 Å². The fraction of sp³-hybridized carbons (Fsp3) is 0.333. The molecule has 0 aliphatic carbocycles. The molecule has 0 fully saturated rings. The first kappa shape index (κ1) is 12.1. The third kappa shape index (κ3) is 5.50. The number of benzene rings is 1. The van der Waals surface area contributed by atoms with Gasteiger partial charge in [-0.1, -0.05) is 43.7 Å². The van der Waals surface area contributed by atoms with Crippen molar-refractivity contribution in [2.75, 3.05) is 6.61 Å². The van der Waals surface area contributed by atoms with Crippen LogP contribution in [0.3, 0.4) is 0 Å². The Hall–Kier alpha value is -0.930. The first-order valence-corrected chi connectivity index (χ1v) is 6.24. The Morgan fingerprint density at radius 2 is 2.07 bits per heavy atom. The van der Waals surface area contributed by atoms with Gasteiger partial charge in [0.05, 0.1) is 6.61 Å². The highest BCUT2D eigenvalue weighted by molar-refractivity contribution is 7.83. The smallest absolute Gasteiger partial charge is 0.181 e. The van der Waals surface area contributed by atoms with E-state index in [1.807, 2.05) is 36.4 Å². The molecule has 0 saturated heterocycles. The molecule has 0 amide bonds. The highest BCUT2D eigenvalue weighted by Crippen LogP contribution is 2.02. The van der Waals surface area contributed by atoms with Crippen molar-refractivity contribution in [3.05, 3.63) is 41.3 Å². The summed E-state index contributed by atoms with van der Waals surface area (Å²) in [6.07, 6.45) is 3.81. The number of rotatable bonds is 6. The van der Waals surface area contributed by atoms with Crippen LogP contribution in [0.4, 0.5) is 0 Å². The van der Waals surface area contributed by atoms with Crippen LogP contribution in [0.5, 0.6) is 0 Å². The Bertz CT molecular complexity index is 320. The Labute approximate surface area is 93.6 Å². The van der Waals surface area contributed by atoms with Gasteiger partial charge in [-0.25, -0.2) is 4.21 Å². The molecule has 0 spiro atoms. The molecule has 0 radical (unpaired) electrons. The molecule has 1 atom stereocenters. The largest absolute Gasteiger partial charge is 0.287 e. The van der Waals surface area contributed by atoms with Gasteiger partial charge in [-0.05, 0) is 18.1 Å². The van der Waals surface area contributed by atoms with Crippen molar-refractivity contribution in [2.24, 2.45) is 0 Å². The van der Waals surface area contributed by atoms with Gasteiger partial charge in [0.25, 0.3) is 0 Å². The topological polar surface area (TPSA) is 26.3 Å². The predicted molar refractivity (Wildman–Crippen MR) is 64.5 cm³/mol. The zero-order valence-electron chi connectivity index (χ0n) is 8.89.